The van der Waals surface area contributed by atoms with Crippen LogP contribution in [0.3, 0.4) is 0 Å². The average molecular weight is 309 g/mol. The van der Waals surface area contributed by atoms with Gasteiger partial charge in [0.05, 0.1) is 0 Å². The number of hydrogen-bond donors (Lipinski definition) is 2. The third-order valence-electron chi connectivity index (χ3n) is 3.92. The summed E-state index contributed by atoms with van der Waals surface area (Å²) in [5, 5.41) is 6.39. The zero-order chi connectivity index (χ0) is 16.4. The van der Waals surface area contributed by atoms with Gasteiger partial charge in [-0.2, -0.15) is 0 Å². The minimum absolute atomic E-state index is 0.0350. The van der Waals surface area contributed by atoms with E-state index in [-0.39, 0.29) is 11.3 Å². The first kappa shape index (κ1) is 15.5. The molecular weight excluding hydrogens is 286 g/mol. The Morgan fingerprint density at radius 3 is 2.61 bits per heavy atom. The lowest BCUT2D eigenvalue weighted by Crippen LogP contribution is -2.19. The Morgan fingerprint density at radius 2 is 1.91 bits per heavy atom. The normalized spacial score (nSPS) is 14.4. The summed E-state index contributed by atoms with van der Waals surface area (Å²) in [4.78, 5) is 16.7. The minimum atomic E-state index is -0.179. The summed E-state index contributed by atoms with van der Waals surface area (Å²) in [5.74, 6) is -0.179. The Bertz CT molecular complexity index is 715. The molecule has 0 spiro atoms. The van der Waals surface area contributed by atoms with Gasteiger partial charge in [-0.25, -0.2) is 0 Å². The number of pyridine rings is 1. The van der Waals surface area contributed by atoms with E-state index < -0.39 is 0 Å². The zero-order valence-electron chi connectivity index (χ0n) is 13.9. The maximum atomic E-state index is 12.5. The van der Waals surface area contributed by atoms with Crippen LogP contribution in [0.25, 0.3) is 0 Å². The maximum absolute atomic E-state index is 12.5. The molecule has 1 aliphatic rings. The van der Waals surface area contributed by atoms with E-state index in [1.165, 1.54) is 12.8 Å². The van der Waals surface area contributed by atoms with E-state index in [4.69, 9.17) is 0 Å². The molecule has 23 heavy (non-hydrogen) atoms. The van der Waals surface area contributed by atoms with Crippen molar-refractivity contribution in [2.24, 2.45) is 0 Å². The summed E-state index contributed by atoms with van der Waals surface area (Å²) in [6.45, 7) is 6.41. The molecule has 1 amide bonds. The SMILES string of the molecule is CC(C)(C)c1ccccc1NC(=O)c1cc(NC2CC2)ccn1. The molecule has 1 aliphatic carbocycles. The van der Waals surface area contributed by atoms with Gasteiger partial charge < -0.3 is 10.6 Å². The van der Waals surface area contributed by atoms with Crippen LogP contribution in [-0.4, -0.2) is 16.9 Å². The largest absolute Gasteiger partial charge is 0.382 e. The van der Waals surface area contributed by atoms with Crippen LogP contribution in [0.4, 0.5) is 11.4 Å². The van der Waals surface area contributed by atoms with Gasteiger partial charge >= 0.3 is 0 Å². The molecule has 120 valence electrons. The smallest absolute Gasteiger partial charge is 0.274 e. The second-order valence-electron chi connectivity index (χ2n) is 7.10. The summed E-state index contributed by atoms with van der Waals surface area (Å²) in [5.41, 5.74) is 3.30. The number of anilines is 2. The van der Waals surface area contributed by atoms with E-state index in [0.29, 0.717) is 11.7 Å². The standard InChI is InChI=1S/C19H23N3O/c1-19(2,3)15-6-4-5-7-16(15)22-18(23)17-12-14(10-11-20-17)21-13-8-9-13/h4-7,10-13H,8-9H2,1-3H3,(H,20,21)(H,22,23). The lowest BCUT2D eigenvalue weighted by molar-refractivity contribution is 0.102. The van der Waals surface area contributed by atoms with Crippen molar-refractivity contribution in [1.82, 2.24) is 4.98 Å². The fourth-order valence-corrected chi connectivity index (χ4v) is 2.54. The summed E-state index contributed by atoms with van der Waals surface area (Å²) < 4.78 is 0. The summed E-state index contributed by atoms with van der Waals surface area (Å²) in [7, 11) is 0. The van der Waals surface area contributed by atoms with Crippen molar-refractivity contribution in [2.45, 2.75) is 45.1 Å². The molecule has 2 N–H and O–H groups in total. The van der Waals surface area contributed by atoms with Crippen LogP contribution in [0.15, 0.2) is 42.6 Å². The molecule has 1 aromatic carbocycles. The molecule has 0 saturated heterocycles. The fraction of sp³-hybridized carbons (Fsp3) is 0.368. The maximum Gasteiger partial charge on any atom is 0.274 e. The van der Waals surface area contributed by atoms with Gasteiger partial charge in [0.15, 0.2) is 0 Å². The Hall–Kier alpha value is -2.36. The first-order valence-electron chi connectivity index (χ1n) is 8.07. The van der Waals surface area contributed by atoms with E-state index in [2.05, 4.69) is 36.4 Å². The number of aromatic nitrogens is 1. The van der Waals surface area contributed by atoms with Crippen molar-refractivity contribution in [2.75, 3.05) is 10.6 Å². The molecule has 0 aliphatic heterocycles. The van der Waals surface area contributed by atoms with E-state index in [9.17, 15) is 4.79 Å². The highest BCUT2D eigenvalue weighted by Gasteiger charge is 2.22. The van der Waals surface area contributed by atoms with Crippen LogP contribution in [0.1, 0.15) is 49.7 Å². The van der Waals surface area contributed by atoms with Gasteiger partial charge in [0.1, 0.15) is 5.69 Å². The Morgan fingerprint density at radius 1 is 1.17 bits per heavy atom. The minimum Gasteiger partial charge on any atom is -0.382 e. The van der Waals surface area contributed by atoms with Crippen molar-refractivity contribution in [3.63, 3.8) is 0 Å². The van der Waals surface area contributed by atoms with Crippen molar-refractivity contribution in [3.05, 3.63) is 53.9 Å². The zero-order valence-corrected chi connectivity index (χ0v) is 13.9. The van der Waals surface area contributed by atoms with Gasteiger partial charge in [-0.15, -0.1) is 0 Å². The molecule has 4 heteroatoms. The number of nitrogens with one attached hydrogen (secondary N) is 2. The fourth-order valence-electron chi connectivity index (χ4n) is 2.54. The monoisotopic (exact) mass is 309 g/mol. The highest BCUT2D eigenvalue weighted by Crippen LogP contribution is 2.29. The summed E-state index contributed by atoms with van der Waals surface area (Å²) >= 11 is 0. The lowest BCUT2D eigenvalue weighted by atomic mass is 9.86. The van der Waals surface area contributed by atoms with E-state index in [1.54, 1.807) is 6.20 Å². The van der Waals surface area contributed by atoms with E-state index in [1.807, 2.05) is 36.4 Å². The molecule has 3 rings (SSSR count). The highest BCUT2D eigenvalue weighted by atomic mass is 16.1. The van der Waals surface area contributed by atoms with Gasteiger partial charge in [-0.05, 0) is 42.0 Å². The predicted octanol–water partition coefficient (Wildman–Crippen LogP) is 4.21. The third kappa shape index (κ3) is 3.89. The second-order valence-corrected chi connectivity index (χ2v) is 7.10. The highest BCUT2D eigenvalue weighted by molar-refractivity contribution is 6.03. The number of hydrogen-bond acceptors (Lipinski definition) is 3. The van der Waals surface area contributed by atoms with E-state index >= 15 is 0 Å². The number of rotatable bonds is 4. The van der Waals surface area contributed by atoms with Crippen molar-refractivity contribution in [1.29, 1.82) is 0 Å². The Labute approximate surface area is 137 Å². The summed E-state index contributed by atoms with van der Waals surface area (Å²) in [6.07, 6.45) is 4.07. The van der Waals surface area contributed by atoms with Crippen LogP contribution in [0.2, 0.25) is 0 Å². The van der Waals surface area contributed by atoms with Crippen LogP contribution < -0.4 is 10.6 Å². The molecule has 1 heterocycles. The van der Waals surface area contributed by atoms with Crippen molar-refractivity contribution < 1.29 is 4.79 Å². The van der Waals surface area contributed by atoms with Crippen LogP contribution in [0.5, 0.6) is 0 Å². The molecule has 0 unspecified atom stereocenters. The van der Waals surface area contributed by atoms with E-state index in [0.717, 1.165) is 16.9 Å². The quantitative estimate of drug-likeness (QED) is 0.889. The average Bonchev–Trinajstić information content (AvgIpc) is 3.31. The number of benzene rings is 1. The molecule has 0 atom stereocenters. The number of carbonyl (C=O) groups is 1. The Kier molecular flexibility index (Phi) is 4.07. The van der Waals surface area contributed by atoms with Gasteiger partial charge in [-0.3, -0.25) is 9.78 Å². The molecule has 4 nitrogen and oxygen atoms in total. The van der Waals surface area contributed by atoms with Gasteiger partial charge in [0.2, 0.25) is 0 Å². The lowest BCUT2D eigenvalue weighted by Gasteiger charge is -2.23. The van der Waals surface area contributed by atoms with Gasteiger partial charge in [0, 0.05) is 23.6 Å². The molecule has 1 saturated carbocycles. The van der Waals surface area contributed by atoms with Crippen LogP contribution >= 0.6 is 0 Å². The molecule has 0 radical (unpaired) electrons. The van der Waals surface area contributed by atoms with Crippen LogP contribution in [0, 0.1) is 0 Å². The number of para-hydroxylation sites is 1. The number of nitrogens with zero attached hydrogens (tertiary/aromatic N) is 1. The molecular formula is C19H23N3O. The topological polar surface area (TPSA) is 54.0 Å². The first-order valence-corrected chi connectivity index (χ1v) is 8.07. The van der Waals surface area contributed by atoms with Gasteiger partial charge in [-0.1, -0.05) is 39.0 Å². The molecule has 0 bridgehead atoms. The number of amides is 1. The van der Waals surface area contributed by atoms with Crippen molar-refractivity contribution in [3.8, 4) is 0 Å². The predicted molar refractivity (Wildman–Crippen MR) is 94.0 cm³/mol. The Balaban J connectivity index is 1.79. The second kappa shape index (κ2) is 6.03. The van der Waals surface area contributed by atoms with Crippen LogP contribution in [-0.2, 0) is 5.41 Å². The number of carbonyl (C=O) groups excluding carboxylic acids is 1. The molecule has 1 aromatic heterocycles. The van der Waals surface area contributed by atoms with Gasteiger partial charge in [0.25, 0.3) is 5.91 Å². The molecule has 1 fully saturated rings. The third-order valence-corrected chi connectivity index (χ3v) is 3.92. The van der Waals surface area contributed by atoms with Crippen molar-refractivity contribution >= 4 is 17.3 Å². The summed E-state index contributed by atoms with van der Waals surface area (Å²) in [6, 6.07) is 12.2. The molecule has 2 aromatic rings. The first-order chi connectivity index (χ1) is 10.9.